The molecule has 0 aliphatic heterocycles. The maximum atomic E-state index is 5.24. The predicted molar refractivity (Wildman–Crippen MR) is 85.1 cm³/mol. The van der Waals surface area contributed by atoms with Crippen LogP contribution in [-0.4, -0.2) is 13.7 Å². The van der Waals surface area contributed by atoms with E-state index in [-0.39, 0.29) is 0 Å². The standard InChI is InChI=1S/C15H18BrNOS/c1-11(17-8-7-13-4-3-9-19-13)12-5-6-15(18-2)14(16)10-12/h3-6,9-11,17H,7-8H2,1-2H3. The first kappa shape index (κ1) is 14.6. The summed E-state index contributed by atoms with van der Waals surface area (Å²) in [6, 6.07) is 10.8. The molecule has 4 heteroatoms. The summed E-state index contributed by atoms with van der Waals surface area (Å²) < 4.78 is 6.24. The van der Waals surface area contributed by atoms with E-state index in [9.17, 15) is 0 Å². The molecular formula is C15H18BrNOS. The van der Waals surface area contributed by atoms with Crippen LogP contribution in [0.3, 0.4) is 0 Å². The summed E-state index contributed by atoms with van der Waals surface area (Å²) in [7, 11) is 1.68. The van der Waals surface area contributed by atoms with Gasteiger partial charge in [0.1, 0.15) is 5.75 Å². The molecule has 2 aromatic rings. The lowest BCUT2D eigenvalue weighted by Crippen LogP contribution is -2.21. The highest BCUT2D eigenvalue weighted by molar-refractivity contribution is 9.10. The molecule has 102 valence electrons. The Balaban J connectivity index is 1.88. The van der Waals surface area contributed by atoms with Gasteiger partial charge in [0.15, 0.2) is 0 Å². The zero-order valence-corrected chi connectivity index (χ0v) is 13.6. The highest BCUT2D eigenvalue weighted by atomic mass is 79.9. The molecule has 0 aliphatic rings. The molecule has 1 N–H and O–H groups in total. The fraction of sp³-hybridized carbons (Fsp3) is 0.333. The molecule has 0 saturated carbocycles. The van der Waals surface area contributed by atoms with Gasteiger partial charge in [0.05, 0.1) is 11.6 Å². The molecule has 1 unspecified atom stereocenters. The van der Waals surface area contributed by atoms with Crippen molar-refractivity contribution in [2.24, 2.45) is 0 Å². The van der Waals surface area contributed by atoms with Crippen molar-refractivity contribution in [3.8, 4) is 5.75 Å². The third-order valence-electron chi connectivity index (χ3n) is 3.08. The summed E-state index contributed by atoms with van der Waals surface area (Å²) >= 11 is 5.34. The van der Waals surface area contributed by atoms with E-state index in [1.54, 1.807) is 7.11 Å². The summed E-state index contributed by atoms with van der Waals surface area (Å²) in [4.78, 5) is 1.43. The minimum absolute atomic E-state index is 0.335. The van der Waals surface area contributed by atoms with Gasteiger partial charge >= 0.3 is 0 Å². The topological polar surface area (TPSA) is 21.3 Å². The van der Waals surface area contributed by atoms with Crippen LogP contribution >= 0.6 is 27.3 Å². The molecule has 19 heavy (non-hydrogen) atoms. The van der Waals surface area contributed by atoms with Crippen molar-refractivity contribution in [1.29, 1.82) is 0 Å². The minimum Gasteiger partial charge on any atom is -0.496 e. The lowest BCUT2D eigenvalue weighted by atomic mass is 10.1. The molecule has 1 atom stereocenters. The number of hydrogen-bond donors (Lipinski definition) is 1. The third kappa shape index (κ3) is 4.06. The second-order valence-electron chi connectivity index (χ2n) is 4.40. The van der Waals surface area contributed by atoms with Gasteiger partial charge in [-0.05, 0) is 58.4 Å². The fourth-order valence-electron chi connectivity index (χ4n) is 1.94. The highest BCUT2D eigenvalue weighted by Crippen LogP contribution is 2.27. The van der Waals surface area contributed by atoms with E-state index in [2.05, 4.69) is 57.8 Å². The summed E-state index contributed by atoms with van der Waals surface area (Å²) in [5.41, 5.74) is 1.26. The number of rotatable bonds is 6. The Labute approximate surface area is 126 Å². The Morgan fingerprint density at radius 3 is 2.84 bits per heavy atom. The lowest BCUT2D eigenvalue weighted by Gasteiger charge is -2.15. The number of halogens is 1. The largest absolute Gasteiger partial charge is 0.496 e. The van der Waals surface area contributed by atoms with Gasteiger partial charge in [-0.3, -0.25) is 0 Å². The minimum atomic E-state index is 0.335. The van der Waals surface area contributed by atoms with E-state index < -0.39 is 0 Å². The maximum absolute atomic E-state index is 5.24. The van der Waals surface area contributed by atoms with Crippen LogP contribution in [0.5, 0.6) is 5.75 Å². The molecule has 0 radical (unpaired) electrons. The number of thiophene rings is 1. The molecule has 2 rings (SSSR count). The van der Waals surface area contributed by atoms with Crippen molar-refractivity contribution < 1.29 is 4.74 Å². The van der Waals surface area contributed by atoms with E-state index >= 15 is 0 Å². The quantitative estimate of drug-likeness (QED) is 0.841. The maximum Gasteiger partial charge on any atom is 0.133 e. The monoisotopic (exact) mass is 339 g/mol. The first-order valence-electron chi connectivity index (χ1n) is 6.30. The Morgan fingerprint density at radius 2 is 2.21 bits per heavy atom. The van der Waals surface area contributed by atoms with Crippen LogP contribution in [0.1, 0.15) is 23.4 Å². The zero-order chi connectivity index (χ0) is 13.7. The Bertz CT molecular complexity index is 513. The van der Waals surface area contributed by atoms with Gasteiger partial charge < -0.3 is 10.1 Å². The van der Waals surface area contributed by atoms with Crippen LogP contribution in [0.15, 0.2) is 40.2 Å². The summed E-state index contributed by atoms with van der Waals surface area (Å²) in [5, 5.41) is 5.67. The van der Waals surface area contributed by atoms with Crippen LogP contribution in [0.2, 0.25) is 0 Å². The summed E-state index contributed by atoms with van der Waals surface area (Å²) in [5.74, 6) is 0.870. The normalized spacial score (nSPS) is 12.4. The van der Waals surface area contributed by atoms with Crippen molar-refractivity contribution >= 4 is 27.3 Å². The second kappa shape index (κ2) is 7.08. The summed E-state index contributed by atoms with van der Waals surface area (Å²) in [6.45, 7) is 3.17. The van der Waals surface area contributed by atoms with Crippen LogP contribution in [0.4, 0.5) is 0 Å². The molecule has 0 amide bonds. The second-order valence-corrected chi connectivity index (χ2v) is 6.29. The van der Waals surface area contributed by atoms with Crippen molar-refractivity contribution in [1.82, 2.24) is 5.32 Å². The molecule has 1 aromatic carbocycles. The van der Waals surface area contributed by atoms with Gasteiger partial charge in [-0.25, -0.2) is 0 Å². The average Bonchev–Trinajstić information content (AvgIpc) is 2.91. The van der Waals surface area contributed by atoms with Gasteiger partial charge in [-0.1, -0.05) is 12.1 Å². The van der Waals surface area contributed by atoms with Gasteiger partial charge in [0.2, 0.25) is 0 Å². The number of nitrogens with one attached hydrogen (secondary N) is 1. The zero-order valence-electron chi connectivity index (χ0n) is 11.2. The SMILES string of the molecule is COc1ccc(C(C)NCCc2cccs2)cc1Br. The number of hydrogen-bond acceptors (Lipinski definition) is 3. The van der Waals surface area contributed by atoms with Crippen molar-refractivity contribution in [2.45, 2.75) is 19.4 Å². The average molecular weight is 340 g/mol. The Hall–Kier alpha value is -0.840. The van der Waals surface area contributed by atoms with Crippen LogP contribution in [0.25, 0.3) is 0 Å². The molecule has 0 spiro atoms. The van der Waals surface area contributed by atoms with E-state index in [1.165, 1.54) is 10.4 Å². The molecule has 1 heterocycles. The van der Waals surface area contributed by atoms with Crippen LogP contribution < -0.4 is 10.1 Å². The van der Waals surface area contributed by atoms with E-state index in [4.69, 9.17) is 4.74 Å². The predicted octanol–water partition coefficient (Wildman–Crippen LogP) is 4.41. The molecular weight excluding hydrogens is 322 g/mol. The molecule has 1 aromatic heterocycles. The molecule has 0 bridgehead atoms. The molecule has 0 fully saturated rings. The molecule has 0 saturated heterocycles. The summed E-state index contributed by atoms with van der Waals surface area (Å²) in [6.07, 6.45) is 1.08. The molecule has 0 aliphatic carbocycles. The van der Waals surface area contributed by atoms with Crippen LogP contribution in [0, 0.1) is 0 Å². The van der Waals surface area contributed by atoms with Crippen LogP contribution in [-0.2, 0) is 6.42 Å². The smallest absolute Gasteiger partial charge is 0.133 e. The number of methoxy groups -OCH3 is 1. The number of ether oxygens (including phenoxy) is 1. The first-order valence-corrected chi connectivity index (χ1v) is 7.97. The van der Waals surface area contributed by atoms with Crippen molar-refractivity contribution in [2.75, 3.05) is 13.7 Å². The fourth-order valence-corrected chi connectivity index (χ4v) is 3.20. The van der Waals surface area contributed by atoms with E-state index in [0.29, 0.717) is 6.04 Å². The number of benzene rings is 1. The van der Waals surface area contributed by atoms with Gasteiger partial charge in [-0.15, -0.1) is 11.3 Å². The van der Waals surface area contributed by atoms with Gasteiger partial charge in [-0.2, -0.15) is 0 Å². The highest BCUT2D eigenvalue weighted by Gasteiger charge is 2.07. The third-order valence-corrected chi connectivity index (χ3v) is 4.63. The van der Waals surface area contributed by atoms with E-state index in [0.717, 1.165) is 23.2 Å². The molecule has 2 nitrogen and oxygen atoms in total. The van der Waals surface area contributed by atoms with E-state index in [1.807, 2.05) is 17.4 Å². The van der Waals surface area contributed by atoms with Crippen molar-refractivity contribution in [3.63, 3.8) is 0 Å². The first-order chi connectivity index (χ1) is 9.20. The van der Waals surface area contributed by atoms with Gasteiger partial charge in [0.25, 0.3) is 0 Å². The Morgan fingerprint density at radius 1 is 1.37 bits per heavy atom. The van der Waals surface area contributed by atoms with Gasteiger partial charge in [0, 0.05) is 17.5 Å². The lowest BCUT2D eigenvalue weighted by molar-refractivity contribution is 0.411. The Kier molecular flexibility index (Phi) is 5.43. The van der Waals surface area contributed by atoms with Crippen molar-refractivity contribution in [3.05, 3.63) is 50.6 Å².